The molecule has 0 radical (unpaired) electrons. The Morgan fingerprint density at radius 1 is 1.00 bits per heavy atom. The van der Waals surface area contributed by atoms with Gasteiger partial charge in [0.05, 0.1) is 15.1 Å². The van der Waals surface area contributed by atoms with Crippen LogP contribution in [-0.4, -0.2) is 14.5 Å². The van der Waals surface area contributed by atoms with Crippen LogP contribution in [0.25, 0.3) is 0 Å². The first-order valence-corrected chi connectivity index (χ1v) is 9.62. The van der Waals surface area contributed by atoms with Crippen molar-refractivity contribution in [2.24, 2.45) is 0 Å². The molecular weight excluding hydrogens is 377 g/mol. The fraction of sp³-hybridized carbons (Fsp3) is 0.250. The second-order valence-corrected chi connectivity index (χ2v) is 8.15. The predicted octanol–water partition coefficient (Wildman–Crippen LogP) is 4.95. The summed E-state index contributed by atoms with van der Waals surface area (Å²) in [4.78, 5) is -0.0693. The molecule has 124 valence electrons. The van der Waals surface area contributed by atoms with Crippen molar-refractivity contribution in [3.8, 4) is 0 Å². The van der Waals surface area contributed by atoms with Crippen molar-refractivity contribution in [3.63, 3.8) is 0 Å². The Morgan fingerprint density at radius 2 is 1.61 bits per heavy atom. The van der Waals surface area contributed by atoms with Gasteiger partial charge >= 0.3 is 0 Å². The summed E-state index contributed by atoms with van der Waals surface area (Å²) < 4.78 is 27.5. The van der Waals surface area contributed by atoms with E-state index in [1.807, 2.05) is 37.3 Å². The molecule has 1 atom stereocenters. The van der Waals surface area contributed by atoms with Gasteiger partial charge in [0.15, 0.2) is 0 Å². The van der Waals surface area contributed by atoms with E-state index in [9.17, 15) is 8.42 Å². The second-order valence-electron chi connectivity index (χ2n) is 5.24. The molecule has 0 amide bonds. The van der Waals surface area contributed by atoms with Gasteiger partial charge in [-0.3, -0.25) is 0 Å². The van der Waals surface area contributed by atoms with Crippen molar-refractivity contribution >= 4 is 44.8 Å². The number of benzene rings is 2. The summed E-state index contributed by atoms with van der Waals surface area (Å²) in [6.07, 6.45) is 1.45. The number of hydrogen-bond donors (Lipinski definition) is 1. The SMILES string of the molecule is CC(CCc1ccccc1)NS(=O)(=O)c1cc(Cl)c(Cl)cc1Cl. The number of aryl methyl sites for hydroxylation is 1. The Labute approximate surface area is 151 Å². The van der Waals surface area contributed by atoms with E-state index in [0.29, 0.717) is 6.42 Å². The first-order valence-electron chi connectivity index (χ1n) is 7.00. The van der Waals surface area contributed by atoms with E-state index >= 15 is 0 Å². The number of halogens is 3. The van der Waals surface area contributed by atoms with Gasteiger partial charge in [-0.2, -0.15) is 0 Å². The van der Waals surface area contributed by atoms with Gasteiger partial charge in [0.1, 0.15) is 4.90 Å². The Morgan fingerprint density at radius 3 is 2.26 bits per heavy atom. The van der Waals surface area contributed by atoms with Crippen molar-refractivity contribution in [1.29, 1.82) is 0 Å². The molecular formula is C16H16Cl3NO2S. The topological polar surface area (TPSA) is 46.2 Å². The van der Waals surface area contributed by atoms with Gasteiger partial charge in [0.2, 0.25) is 10.0 Å². The number of hydrogen-bond acceptors (Lipinski definition) is 2. The molecule has 2 rings (SSSR count). The molecule has 0 aromatic heterocycles. The zero-order chi connectivity index (χ0) is 17.0. The van der Waals surface area contributed by atoms with Gasteiger partial charge in [-0.05, 0) is 37.5 Å². The van der Waals surface area contributed by atoms with E-state index in [4.69, 9.17) is 34.8 Å². The monoisotopic (exact) mass is 391 g/mol. The Hall–Kier alpha value is -0.780. The van der Waals surface area contributed by atoms with Crippen LogP contribution in [0.1, 0.15) is 18.9 Å². The molecule has 23 heavy (non-hydrogen) atoms. The lowest BCUT2D eigenvalue weighted by Crippen LogP contribution is -2.33. The largest absolute Gasteiger partial charge is 0.242 e. The van der Waals surface area contributed by atoms with Crippen molar-refractivity contribution < 1.29 is 8.42 Å². The average molecular weight is 393 g/mol. The quantitative estimate of drug-likeness (QED) is 0.707. The lowest BCUT2D eigenvalue weighted by molar-refractivity contribution is 0.547. The van der Waals surface area contributed by atoms with Crippen LogP contribution in [0.4, 0.5) is 0 Å². The summed E-state index contributed by atoms with van der Waals surface area (Å²) >= 11 is 17.7. The summed E-state index contributed by atoms with van der Waals surface area (Å²) in [5.74, 6) is 0. The minimum Gasteiger partial charge on any atom is -0.208 e. The lowest BCUT2D eigenvalue weighted by atomic mass is 10.1. The molecule has 2 aromatic carbocycles. The summed E-state index contributed by atoms with van der Waals surface area (Å²) in [5, 5.41) is 0.406. The highest BCUT2D eigenvalue weighted by Gasteiger charge is 2.22. The molecule has 0 fully saturated rings. The molecule has 0 bridgehead atoms. The third-order valence-corrected chi connectivity index (χ3v) is 6.11. The molecule has 0 saturated heterocycles. The molecule has 0 aliphatic rings. The van der Waals surface area contributed by atoms with Crippen molar-refractivity contribution in [2.45, 2.75) is 30.7 Å². The van der Waals surface area contributed by atoms with Gasteiger partial charge in [-0.25, -0.2) is 13.1 Å². The number of sulfonamides is 1. The maximum Gasteiger partial charge on any atom is 0.242 e. The zero-order valence-electron chi connectivity index (χ0n) is 12.4. The van der Waals surface area contributed by atoms with Crippen LogP contribution in [-0.2, 0) is 16.4 Å². The van der Waals surface area contributed by atoms with Gasteiger partial charge in [-0.15, -0.1) is 0 Å². The summed E-state index contributed by atoms with van der Waals surface area (Å²) in [7, 11) is -3.76. The van der Waals surface area contributed by atoms with Crippen molar-refractivity contribution in [2.75, 3.05) is 0 Å². The van der Waals surface area contributed by atoms with Crippen LogP contribution in [0, 0.1) is 0 Å². The zero-order valence-corrected chi connectivity index (χ0v) is 15.5. The minimum atomic E-state index is -3.76. The normalized spacial score (nSPS) is 13.0. The van der Waals surface area contributed by atoms with E-state index in [1.165, 1.54) is 12.1 Å². The lowest BCUT2D eigenvalue weighted by Gasteiger charge is -2.15. The van der Waals surface area contributed by atoms with Crippen LogP contribution in [0.15, 0.2) is 47.4 Å². The molecule has 0 heterocycles. The average Bonchev–Trinajstić information content (AvgIpc) is 2.49. The molecule has 1 N–H and O–H groups in total. The molecule has 1 unspecified atom stereocenters. The third-order valence-electron chi connectivity index (χ3n) is 3.33. The summed E-state index contributed by atoms with van der Waals surface area (Å²) in [5.41, 5.74) is 1.16. The first kappa shape index (κ1) is 18.6. The highest BCUT2D eigenvalue weighted by Crippen LogP contribution is 2.31. The van der Waals surface area contributed by atoms with E-state index in [2.05, 4.69) is 4.72 Å². The maximum atomic E-state index is 12.4. The highest BCUT2D eigenvalue weighted by atomic mass is 35.5. The summed E-state index contributed by atoms with van der Waals surface area (Å²) in [6.45, 7) is 1.81. The molecule has 3 nitrogen and oxygen atoms in total. The molecule has 0 aliphatic carbocycles. The van der Waals surface area contributed by atoms with Gasteiger partial charge < -0.3 is 0 Å². The fourth-order valence-electron chi connectivity index (χ4n) is 2.13. The molecule has 2 aromatic rings. The van der Waals surface area contributed by atoms with Crippen LogP contribution in [0.2, 0.25) is 15.1 Å². The van der Waals surface area contributed by atoms with Crippen LogP contribution < -0.4 is 4.72 Å². The van der Waals surface area contributed by atoms with Crippen LogP contribution >= 0.6 is 34.8 Å². The van der Waals surface area contributed by atoms with Crippen LogP contribution in [0.3, 0.4) is 0 Å². The molecule has 7 heteroatoms. The van der Waals surface area contributed by atoms with Gasteiger partial charge in [-0.1, -0.05) is 65.1 Å². The minimum absolute atomic E-state index is 0.0437. The highest BCUT2D eigenvalue weighted by molar-refractivity contribution is 7.89. The maximum absolute atomic E-state index is 12.4. The van der Waals surface area contributed by atoms with Gasteiger partial charge in [0.25, 0.3) is 0 Å². The molecule has 0 saturated carbocycles. The van der Waals surface area contributed by atoms with E-state index in [1.54, 1.807) is 0 Å². The smallest absolute Gasteiger partial charge is 0.208 e. The first-order chi connectivity index (χ1) is 10.8. The summed E-state index contributed by atoms with van der Waals surface area (Å²) in [6, 6.07) is 12.2. The van der Waals surface area contributed by atoms with Gasteiger partial charge in [0, 0.05) is 6.04 Å². The van der Waals surface area contributed by atoms with Crippen molar-refractivity contribution in [1.82, 2.24) is 4.72 Å². The second kappa shape index (κ2) is 7.86. The standard InChI is InChI=1S/C16H16Cl3NO2S/c1-11(7-8-12-5-3-2-4-6-12)20-23(21,22)16-10-14(18)13(17)9-15(16)19/h2-6,9-11,20H,7-8H2,1H3. The number of nitrogens with one attached hydrogen (secondary N) is 1. The Kier molecular flexibility index (Phi) is 6.34. The van der Waals surface area contributed by atoms with Crippen molar-refractivity contribution in [3.05, 3.63) is 63.1 Å². The van der Waals surface area contributed by atoms with E-state index < -0.39 is 10.0 Å². The molecule has 0 spiro atoms. The fourth-order valence-corrected chi connectivity index (χ4v) is 4.40. The Balaban J connectivity index is 2.07. The third kappa shape index (κ3) is 5.10. The Bertz CT molecular complexity index is 779. The van der Waals surface area contributed by atoms with E-state index in [0.717, 1.165) is 12.0 Å². The predicted molar refractivity (Wildman–Crippen MR) is 96.0 cm³/mol. The van der Waals surface area contributed by atoms with Crippen LogP contribution in [0.5, 0.6) is 0 Å². The number of rotatable bonds is 6. The molecule has 0 aliphatic heterocycles. The van der Waals surface area contributed by atoms with E-state index in [-0.39, 0.29) is 26.0 Å².